The fourth-order valence-electron chi connectivity index (χ4n) is 4.64. The molecule has 0 spiro atoms. The van der Waals surface area contributed by atoms with Crippen LogP contribution in [0.3, 0.4) is 0 Å². The lowest BCUT2D eigenvalue weighted by Crippen LogP contribution is -2.55. The fourth-order valence-corrected chi connectivity index (χ4v) is 4.64. The van der Waals surface area contributed by atoms with Crippen molar-refractivity contribution in [3.8, 4) is 11.1 Å². The normalized spacial score (nSPS) is 21.3. The predicted molar refractivity (Wildman–Crippen MR) is 100 cm³/mol. The summed E-state index contributed by atoms with van der Waals surface area (Å²) in [5.74, 6) is 0.219. The molecule has 0 aliphatic carbocycles. The molecule has 2 heterocycles. The molecule has 2 heteroatoms. The molecule has 2 aliphatic rings. The van der Waals surface area contributed by atoms with Crippen LogP contribution in [0.5, 0.6) is 0 Å². The molecular weight excluding hydrogens is 306 g/mol. The van der Waals surface area contributed by atoms with Crippen molar-refractivity contribution >= 4 is 11.6 Å². The van der Waals surface area contributed by atoms with Crippen molar-refractivity contribution in [1.29, 1.82) is 0 Å². The van der Waals surface area contributed by atoms with E-state index in [-0.39, 0.29) is 5.91 Å². The highest BCUT2D eigenvalue weighted by Crippen LogP contribution is 2.54. The van der Waals surface area contributed by atoms with E-state index < -0.39 is 5.54 Å². The van der Waals surface area contributed by atoms with Crippen molar-refractivity contribution < 1.29 is 4.79 Å². The second-order valence-electron chi connectivity index (χ2n) is 6.87. The number of hydrogen-bond donors (Lipinski definition) is 0. The highest BCUT2D eigenvalue weighted by molar-refractivity contribution is 6.04. The highest BCUT2D eigenvalue weighted by Gasteiger charge is 2.50. The molecule has 1 saturated heterocycles. The molecule has 1 amide bonds. The summed E-state index contributed by atoms with van der Waals surface area (Å²) in [5.41, 5.74) is 5.47. The molecule has 3 aromatic carbocycles. The van der Waals surface area contributed by atoms with Gasteiger partial charge in [0.25, 0.3) is 0 Å². The molecule has 0 aromatic heterocycles. The van der Waals surface area contributed by atoms with Gasteiger partial charge in [0, 0.05) is 12.0 Å². The summed E-state index contributed by atoms with van der Waals surface area (Å²) in [4.78, 5) is 15.2. The molecule has 0 saturated carbocycles. The second-order valence-corrected chi connectivity index (χ2v) is 6.87. The molecule has 0 N–H and O–H groups in total. The van der Waals surface area contributed by atoms with Crippen LogP contribution in [0.2, 0.25) is 0 Å². The minimum Gasteiger partial charge on any atom is -0.297 e. The van der Waals surface area contributed by atoms with Gasteiger partial charge in [0.05, 0.1) is 11.2 Å². The maximum absolute atomic E-state index is 13.1. The number of carbonyl (C=O) groups is 1. The Morgan fingerprint density at radius 2 is 1.44 bits per heavy atom. The molecule has 1 fully saturated rings. The third-order valence-corrected chi connectivity index (χ3v) is 5.62. The minimum atomic E-state index is -0.401. The van der Waals surface area contributed by atoms with Crippen molar-refractivity contribution in [3.63, 3.8) is 0 Å². The zero-order valence-electron chi connectivity index (χ0n) is 14.0. The topological polar surface area (TPSA) is 20.3 Å². The van der Waals surface area contributed by atoms with Crippen molar-refractivity contribution in [1.82, 2.24) is 0 Å². The van der Waals surface area contributed by atoms with Crippen molar-refractivity contribution in [2.45, 2.75) is 24.8 Å². The van der Waals surface area contributed by atoms with Crippen LogP contribution in [0.4, 0.5) is 5.69 Å². The van der Waals surface area contributed by atoms with Gasteiger partial charge in [0.1, 0.15) is 0 Å². The number of amides is 1. The summed E-state index contributed by atoms with van der Waals surface area (Å²) >= 11 is 0. The summed E-state index contributed by atoms with van der Waals surface area (Å²) < 4.78 is 0. The number of nitrogens with zero attached hydrogens (tertiary/aromatic N) is 1. The van der Waals surface area contributed by atoms with E-state index in [1.807, 2.05) is 12.1 Å². The Bertz CT molecular complexity index is 963. The Labute approximate surface area is 147 Å². The third kappa shape index (κ3) is 1.88. The lowest BCUT2D eigenvalue weighted by atomic mass is 9.69. The molecule has 1 atom stereocenters. The molecule has 3 aromatic rings. The standard InChI is InChI=1S/C23H19NO/c25-22-15-8-16-23(17-9-2-1-3-10-17)20-13-6-4-11-18(20)19-12-5-7-14-21(19)24(22)23/h1-7,9-14H,8,15-16H2. The van der Waals surface area contributed by atoms with E-state index in [4.69, 9.17) is 0 Å². The SMILES string of the molecule is O=C1CCCC2(c3ccccc3)c3ccccc3-c3ccccc3N12. The molecule has 2 aliphatic heterocycles. The summed E-state index contributed by atoms with van der Waals surface area (Å²) in [6.07, 6.45) is 2.49. The molecule has 0 bridgehead atoms. The summed E-state index contributed by atoms with van der Waals surface area (Å²) in [6.45, 7) is 0. The average molecular weight is 325 g/mol. The van der Waals surface area contributed by atoms with Crippen molar-refractivity contribution in [3.05, 3.63) is 90.0 Å². The lowest BCUT2D eigenvalue weighted by Gasteiger charge is -2.51. The number of fused-ring (bicyclic) bond motifs is 6. The minimum absolute atomic E-state index is 0.219. The zero-order chi connectivity index (χ0) is 16.9. The van der Waals surface area contributed by atoms with Gasteiger partial charge in [0.2, 0.25) is 5.91 Å². The van der Waals surface area contributed by atoms with Gasteiger partial charge in [0.15, 0.2) is 0 Å². The van der Waals surface area contributed by atoms with Gasteiger partial charge in [-0.3, -0.25) is 9.69 Å². The Balaban J connectivity index is 1.91. The van der Waals surface area contributed by atoms with Gasteiger partial charge in [-0.25, -0.2) is 0 Å². The number of anilines is 1. The Hall–Kier alpha value is -2.87. The largest absolute Gasteiger partial charge is 0.297 e. The number of hydrogen-bond acceptors (Lipinski definition) is 1. The first-order chi connectivity index (χ1) is 12.3. The van der Waals surface area contributed by atoms with Gasteiger partial charge in [-0.1, -0.05) is 72.8 Å². The van der Waals surface area contributed by atoms with E-state index in [9.17, 15) is 4.79 Å². The number of benzene rings is 3. The van der Waals surface area contributed by atoms with Gasteiger partial charge >= 0.3 is 0 Å². The zero-order valence-corrected chi connectivity index (χ0v) is 14.0. The van der Waals surface area contributed by atoms with Gasteiger partial charge in [-0.05, 0) is 35.6 Å². The number of carbonyl (C=O) groups excluding carboxylic acids is 1. The number of para-hydroxylation sites is 1. The van der Waals surface area contributed by atoms with E-state index in [1.54, 1.807) is 0 Å². The first kappa shape index (κ1) is 14.5. The van der Waals surface area contributed by atoms with Crippen LogP contribution < -0.4 is 4.90 Å². The van der Waals surface area contributed by atoms with Crippen LogP contribution in [-0.2, 0) is 10.3 Å². The quantitative estimate of drug-likeness (QED) is 0.607. The first-order valence-corrected chi connectivity index (χ1v) is 8.90. The highest BCUT2D eigenvalue weighted by atomic mass is 16.2. The second kappa shape index (κ2) is 5.32. The monoisotopic (exact) mass is 325 g/mol. The van der Waals surface area contributed by atoms with Crippen molar-refractivity contribution in [2.24, 2.45) is 0 Å². The average Bonchev–Trinajstić information content (AvgIpc) is 2.69. The molecular formula is C23H19NO. The van der Waals surface area contributed by atoms with Crippen molar-refractivity contribution in [2.75, 3.05) is 4.90 Å². The van der Waals surface area contributed by atoms with Crippen LogP contribution in [0, 0.1) is 0 Å². The molecule has 2 nitrogen and oxygen atoms in total. The molecule has 0 radical (unpaired) electrons. The van der Waals surface area contributed by atoms with Gasteiger partial charge in [-0.2, -0.15) is 0 Å². The van der Waals surface area contributed by atoms with E-state index in [0.717, 1.165) is 24.1 Å². The molecule has 5 rings (SSSR count). The number of piperidine rings is 1. The van der Waals surface area contributed by atoms with Gasteiger partial charge < -0.3 is 0 Å². The van der Waals surface area contributed by atoms with E-state index in [2.05, 4.69) is 71.6 Å². The van der Waals surface area contributed by atoms with E-state index in [1.165, 1.54) is 16.7 Å². The summed E-state index contributed by atoms with van der Waals surface area (Å²) in [7, 11) is 0. The van der Waals surface area contributed by atoms with Crippen LogP contribution in [-0.4, -0.2) is 5.91 Å². The Morgan fingerprint density at radius 3 is 2.28 bits per heavy atom. The maximum Gasteiger partial charge on any atom is 0.228 e. The van der Waals surface area contributed by atoms with Crippen LogP contribution >= 0.6 is 0 Å². The predicted octanol–water partition coefficient (Wildman–Crippen LogP) is 5.13. The molecule has 122 valence electrons. The summed E-state index contributed by atoms with van der Waals surface area (Å²) in [6, 6.07) is 27.4. The smallest absolute Gasteiger partial charge is 0.228 e. The van der Waals surface area contributed by atoms with E-state index >= 15 is 0 Å². The first-order valence-electron chi connectivity index (χ1n) is 8.90. The Kier molecular flexibility index (Phi) is 3.08. The number of rotatable bonds is 1. The van der Waals surface area contributed by atoms with Crippen LogP contribution in [0.15, 0.2) is 78.9 Å². The summed E-state index contributed by atoms with van der Waals surface area (Å²) in [5, 5.41) is 0. The van der Waals surface area contributed by atoms with Crippen LogP contribution in [0.25, 0.3) is 11.1 Å². The third-order valence-electron chi connectivity index (χ3n) is 5.62. The van der Waals surface area contributed by atoms with Gasteiger partial charge in [-0.15, -0.1) is 0 Å². The van der Waals surface area contributed by atoms with Crippen LogP contribution in [0.1, 0.15) is 30.4 Å². The van der Waals surface area contributed by atoms with E-state index in [0.29, 0.717) is 6.42 Å². The Morgan fingerprint density at radius 1 is 0.760 bits per heavy atom. The fraction of sp³-hybridized carbons (Fsp3) is 0.174. The molecule has 1 unspecified atom stereocenters. The molecule has 25 heavy (non-hydrogen) atoms. The lowest BCUT2D eigenvalue weighted by molar-refractivity contribution is -0.121. The maximum atomic E-state index is 13.1.